The molecule has 1 aromatic rings. The zero-order valence-corrected chi connectivity index (χ0v) is 13.7. The fraction of sp³-hybridized carbons (Fsp3) is 0.533. The van der Waals surface area contributed by atoms with Crippen LogP contribution in [0.1, 0.15) is 26.7 Å². The summed E-state index contributed by atoms with van der Waals surface area (Å²) in [6.45, 7) is 5.60. The van der Waals surface area contributed by atoms with E-state index in [1.54, 1.807) is 11.8 Å². The number of carbonyl (C=O) groups is 1. The lowest BCUT2D eigenvalue weighted by Crippen LogP contribution is -2.43. The molecule has 0 saturated heterocycles. The Bertz CT molecular complexity index is 407. The zero-order chi connectivity index (χ0) is 15.0. The van der Waals surface area contributed by atoms with Gasteiger partial charge in [0.25, 0.3) is 0 Å². The first-order chi connectivity index (χ1) is 9.56. The highest BCUT2D eigenvalue weighted by Gasteiger charge is 2.18. The molecule has 1 amide bonds. The average Bonchev–Trinajstić information content (AvgIpc) is 2.43. The topological polar surface area (TPSA) is 55.6 Å². The number of amides is 1. The minimum atomic E-state index is -0.519. The molecule has 0 aliphatic rings. The van der Waals surface area contributed by atoms with Crippen LogP contribution in [0.15, 0.2) is 28.7 Å². The van der Waals surface area contributed by atoms with Crippen molar-refractivity contribution in [3.63, 3.8) is 0 Å². The van der Waals surface area contributed by atoms with Crippen LogP contribution in [0.2, 0.25) is 0 Å². The maximum absolute atomic E-state index is 12.2. The summed E-state index contributed by atoms with van der Waals surface area (Å²) in [5.74, 6) is -0.0913. The summed E-state index contributed by atoms with van der Waals surface area (Å²) < 4.78 is 6.52. The Morgan fingerprint density at radius 2 is 2.00 bits per heavy atom. The Hall–Kier alpha value is -0.910. The predicted molar refractivity (Wildman–Crippen MR) is 85.9 cm³/mol. The number of hydrogen-bond acceptors (Lipinski definition) is 3. The van der Waals surface area contributed by atoms with Gasteiger partial charge in [-0.3, -0.25) is 4.79 Å². The van der Waals surface area contributed by atoms with Gasteiger partial charge in [-0.2, -0.15) is 0 Å². The van der Waals surface area contributed by atoms with Gasteiger partial charge in [0.15, 0.2) is 0 Å². The van der Waals surface area contributed by atoms with E-state index in [1.807, 2.05) is 24.3 Å². The fourth-order valence-corrected chi connectivity index (χ4v) is 2.00. The van der Waals surface area contributed by atoms with E-state index in [-0.39, 0.29) is 5.91 Å². The van der Waals surface area contributed by atoms with E-state index in [1.165, 1.54) is 0 Å². The Morgan fingerprint density at radius 1 is 1.35 bits per heavy atom. The van der Waals surface area contributed by atoms with Crippen LogP contribution in [0, 0.1) is 0 Å². The number of ether oxygens (including phenoxy) is 1. The molecule has 2 N–H and O–H groups in total. The molecule has 0 radical (unpaired) electrons. The molecule has 1 aromatic carbocycles. The fourth-order valence-electron chi connectivity index (χ4n) is 1.74. The predicted octanol–water partition coefficient (Wildman–Crippen LogP) is 2.95. The maximum Gasteiger partial charge on any atom is 0.243 e. The van der Waals surface area contributed by atoms with Gasteiger partial charge in [0.05, 0.1) is 12.6 Å². The summed E-state index contributed by atoms with van der Waals surface area (Å²) in [6, 6.07) is 7.10. The summed E-state index contributed by atoms with van der Waals surface area (Å²) in [7, 11) is 0. The SMILES string of the molecule is CCCCOCCN(C(=O)[C@H](C)N)c1ccc(Br)cc1. The van der Waals surface area contributed by atoms with Gasteiger partial charge in [-0.1, -0.05) is 29.3 Å². The number of nitrogens with zero attached hydrogens (tertiary/aromatic N) is 1. The molecule has 0 aromatic heterocycles. The summed E-state index contributed by atoms with van der Waals surface area (Å²) in [6.07, 6.45) is 2.15. The highest BCUT2D eigenvalue weighted by atomic mass is 79.9. The number of hydrogen-bond donors (Lipinski definition) is 1. The molecule has 1 atom stereocenters. The number of halogens is 1. The quantitative estimate of drug-likeness (QED) is 0.739. The van der Waals surface area contributed by atoms with Crippen LogP contribution in [0.4, 0.5) is 5.69 Å². The van der Waals surface area contributed by atoms with Gasteiger partial charge in [0, 0.05) is 23.3 Å². The van der Waals surface area contributed by atoms with Gasteiger partial charge in [0.1, 0.15) is 0 Å². The Balaban J connectivity index is 2.66. The third kappa shape index (κ3) is 5.61. The molecular weight excluding hydrogens is 320 g/mol. The number of anilines is 1. The van der Waals surface area contributed by atoms with Gasteiger partial charge >= 0.3 is 0 Å². The van der Waals surface area contributed by atoms with E-state index in [4.69, 9.17) is 10.5 Å². The number of unbranched alkanes of at least 4 members (excludes halogenated alkanes) is 1. The van der Waals surface area contributed by atoms with Crippen molar-refractivity contribution in [3.05, 3.63) is 28.7 Å². The van der Waals surface area contributed by atoms with E-state index in [9.17, 15) is 4.79 Å². The van der Waals surface area contributed by atoms with E-state index < -0.39 is 6.04 Å². The Morgan fingerprint density at radius 3 is 2.55 bits per heavy atom. The Kier molecular flexibility index (Phi) is 7.80. The molecular formula is C15H23BrN2O2. The van der Waals surface area contributed by atoms with Crippen molar-refractivity contribution >= 4 is 27.5 Å². The third-order valence-corrected chi connectivity index (χ3v) is 3.42. The van der Waals surface area contributed by atoms with E-state index in [2.05, 4.69) is 22.9 Å². The van der Waals surface area contributed by atoms with Crippen molar-refractivity contribution in [2.45, 2.75) is 32.7 Å². The molecule has 5 heteroatoms. The normalized spacial score (nSPS) is 12.2. The van der Waals surface area contributed by atoms with E-state index >= 15 is 0 Å². The first-order valence-electron chi connectivity index (χ1n) is 6.96. The smallest absolute Gasteiger partial charge is 0.243 e. The lowest BCUT2D eigenvalue weighted by molar-refractivity contribution is -0.119. The Labute approximate surface area is 129 Å². The second-order valence-corrected chi connectivity index (χ2v) is 5.64. The second-order valence-electron chi connectivity index (χ2n) is 4.72. The molecule has 0 fully saturated rings. The molecule has 0 bridgehead atoms. The van der Waals surface area contributed by atoms with Crippen LogP contribution >= 0.6 is 15.9 Å². The molecule has 0 unspecified atom stereocenters. The molecule has 0 aliphatic carbocycles. The monoisotopic (exact) mass is 342 g/mol. The number of rotatable bonds is 8. The number of nitrogens with two attached hydrogens (primary N) is 1. The largest absolute Gasteiger partial charge is 0.380 e. The van der Waals surface area contributed by atoms with Crippen molar-refractivity contribution in [3.8, 4) is 0 Å². The third-order valence-electron chi connectivity index (χ3n) is 2.90. The summed E-state index contributed by atoms with van der Waals surface area (Å²) in [5.41, 5.74) is 6.56. The number of benzene rings is 1. The van der Waals surface area contributed by atoms with Gasteiger partial charge in [0.2, 0.25) is 5.91 Å². The summed E-state index contributed by atoms with van der Waals surface area (Å²) in [5, 5.41) is 0. The molecule has 20 heavy (non-hydrogen) atoms. The van der Waals surface area contributed by atoms with Crippen molar-refractivity contribution < 1.29 is 9.53 Å². The maximum atomic E-state index is 12.2. The van der Waals surface area contributed by atoms with Crippen LogP contribution in [0.3, 0.4) is 0 Å². The van der Waals surface area contributed by atoms with Crippen molar-refractivity contribution in [2.24, 2.45) is 5.73 Å². The zero-order valence-electron chi connectivity index (χ0n) is 12.1. The lowest BCUT2D eigenvalue weighted by Gasteiger charge is -2.24. The van der Waals surface area contributed by atoms with Crippen molar-refractivity contribution in [1.29, 1.82) is 0 Å². The molecule has 0 aliphatic heterocycles. The molecule has 4 nitrogen and oxygen atoms in total. The first kappa shape index (κ1) is 17.1. The molecule has 112 valence electrons. The minimum absolute atomic E-state index is 0.0913. The van der Waals surface area contributed by atoms with E-state index in [0.29, 0.717) is 13.2 Å². The number of carbonyl (C=O) groups excluding carboxylic acids is 1. The highest BCUT2D eigenvalue weighted by molar-refractivity contribution is 9.10. The highest BCUT2D eigenvalue weighted by Crippen LogP contribution is 2.19. The van der Waals surface area contributed by atoms with Gasteiger partial charge in [-0.25, -0.2) is 0 Å². The first-order valence-corrected chi connectivity index (χ1v) is 7.75. The summed E-state index contributed by atoms with van der Waals surface area (Å²) >= 11 is 3.39. The average molecular weight is 343 g/mol. The van der Waals surface area contributed by atoms with Crippen LogP contribution in [0.5, 0.6) is 0 Å². The van der Waals surface area contributed by atoms with Crippen LogP contribution in [-0.4, -0.2) is 31.7 Å². The summed E-state index contributed by atoms with van der Waals surface area (Å²) in [4.78, 5) is 13.9. The second kappa shape index (κ2) is 9.10. The van der Waals surface area contributed by atoms with Crippen LogP contribution in [0.25, 0.3) is 0 Å². The van der Waals surface area contributed by atoms with E-state index in [0.717, 1.165) is 29.6 Å². The van der Waals surface area contributed by atoms with Gasteiger partial charge < -0.3 is 15.4 Å². The lowest BCUT2D eigenvalue weighted by atomic mass is 10.2. The molecule has 0 saturated carbocycles. The molecule has 0 spiro atoms. The van der Waals surface area contributed by atoms with Crippen molar-refractivity contribution in [1.82, 2.24) is 0 Å². The van der Waals surface area contributed by atoms with Crippen LogP contribution in [-0.2, 0) is 9.53 Å². The van der Waals surface area contributed by atoms with Crippen molar-refractivity contribution in [2.75, 3.05) is 24.7 Å². The molecule has 1 rings (SSSR count). The molecule has 0 heterocycles. The standard InChI is InChI=1S/C15H23BrN2O2/c1-3-4-10-20-11-9-18(15(19)12(2)17)14-7-5-13(16)6-8-14/h5-8,12H,3-4,9-11,17H2,1-2H3/t12-/m0/s1. The van der Waals surface area contributed by atoms with Gasteiger partial charge in [-0.15, -0.1) is 0 Å². The van der Waals surface area contributed by atoms with Gasteiger partial charge in [-0.05, 0) is 37.6 Å². The van der Waals surface area contributed by atoms with Crippen LogP contribution < -0.4 is 10.6 Å². The minimum Gasteiger partial charge on any atom is -0.380 e.